The van der Waals surface area contributed by atoms with Crippen LogP contribution >= 0.6 is 38.5 Å². The maximum absolute atomic E-state index is 12.6. The second-order valence-electron chi connectivity index (χ2n) is 5.99. The third-order valence-corrected chi connectivity index (χ3v) is 5.13. The Bertz CT molecular complexity index is 1010. The summed E-state index contributed by atoms with van der Waals surface area (Å²) in [7, 11) is 0. The number of nitriles is 1. The van der Waals surface area contributed by atoms with Gasteiger partial charge >= 0.3 is 5.97 Å². The summed E-state index contributed by atoms with van der Waals surface area (Å²) in [5, 5.41) is 12.2. The van der Waals surface area contributed by atoms with Crippen LogP contribution in [0.15, 0.2) is 46.4 Å². The highest BCUT2D eigenvalue weighted by molar-refractivity contribution is 14.1. The predicted octanol–water partition coefficient (Wildman–Crippen LogP) is 4.94. The van der Waals surface area contributed by atoms with Crippen LogP contribution in [0.1, 0.15) is 19.4 Å². The number of amides is 1. The normalized spacial score (nSPS) is 10.7. The fourth-order valence-electron chi connectivity index (χ4n) is 2.48. The standard InChI is InChI=1S/C22H20BrIN2O5/c1-3-29-17-7-5-6-16(11-17)26-22(28)15(12-25)8-14-9-18(23)21(19(24)10-14)31-13-20(27)30-4-2/h5-11H,3-4,13H2,1-2H3,(H,26,28)/b15-8-. The number of ether oxygens (including phenoxy) is 3. The van der Waals surface area contributed by atoms with E-state index in [-0.39, 0.29) is 18.8 Å². The molecule has 2 rings (SSSR count). The fraction of sp³-hybridized carbons (Fsp3) is 0.227. The number of nitrogens with one attached hydrogen (secondary N) is 1. The van der Waals surface area contributed by atoms with Crippen molar-refractivity contribution in [3.63, 3.8) is 0 Å². The van der Waals surface area contributed by atoms with Gasteiger partial charge in [-0.3, -0.25) is 4.79 Å². The molecule has 0 saturated carbocycles. The van der Waals surface area contributed by atoms with Crippen molar-refractivity contribution in [3.05, 3.63) is 55.6 Å². The van der Waals surface area contributed by atoms with Crippen LogP contribution in [0.3, 0.4) is 0 Å². The van der Waals surface area contributed by atoms with Gasteiger partial charge in [-0.15, -0.1) is 0 Å². The van der Waals surface area contributed by atoms with Gasteiger partial charge in [0, 0.05) is 11.8 Å². The molecule has 0 bridgehead atoms. The molecule has 2 aromatic rings. The van der Waals surface area contributed by atoms with Crippen LogP contribution in [0.5, 0.6) is 11.5 Å². The summed E-state index contributed by atoms with van der Waals surface area (Å²) in [4.78, 5) is 24.1. The number of carbonyl (C=O) groups excluding carboxylic acids is 2. The van der Waals surface area contributed by atoms with Crippen molar-refractivity contribution in [1.82, 2.24) is 0 Å². The van der Waals surface area contributed by atoms with Gasteiger partial charge in [0.15, 0.2) is 6.61 Å². The van der Waals surface area contributed by atoms with E-state index in [0.29, 0.717) is 37.4 Å². The molecule has 0 aliphatic heterocycles. The molecular weight excluding hydrogens is 579 g/mol. The maximum atomic E-state index is 12.6. The van der Waals surface area contributed by atoms with Gasteiger partial charge in [0.2, 0.25) is 0 Å². The Kier molecular flexibility index (Phi) is 9.81. The van der Waals surface area contributed by atoms with Gasteiger partial charge < -0.3 is 19.5 Å². The number of anilines is 1. The van der Waals surface area contributed by atoms with Gasteiger partial charge in [-0.25, -0.2) is 4.79 Å². The Morgan fingerprint density at radius 2 is 1.97 bits per heavy atom. The van der Waals surface area contributed by atoms with E-state index in [2.05, 4.69) is 43.8 Å². The molecule has 0 spiro atoms. The van der Waals surface area contributed by atoms with E-state index in [1.165, 1.54) is 6.08 Å². The van der Waals surface area contributed by atoms with Crippen LogP contribution in [0.4, 0.5) is 5.69 Å². The molecule has 0 radical (unpaired) electrons. The van der Waals surface area contributed by atoms with Crippen molar-refractivity contribution >= 4 is 62.2 Å². The van der Waals surface area contributed by atoms with Crippen molar-refractivity contribution in [2.75, 3.05) is 25.1 Å². The van der Waals surface area contributed by atoms with Crippen molar-refractivity contribution in [1.29, 1.82) is 5.26 Å². The lowest BCUT2D eigenvalue weighted by Gasteiger charge is -2.11. The Balaban J connectivity index is 2.18. The molecule has 0 aliphatic rings. The lowest BCUT2D eigenvalue weighted by molar-refractivity contribution is -0.145. The second kappa shape index (κ2) is 12.3. The van der Waals surface area contributed by atoms with Gasteiger partial charge in [-0.05, 0) is 88.3 Å². The van der Waals surface area contributed by atoms with Crippen LogP contribution < -0.4 is 14.8 Å². The first-order chi connectivity index (χ1) is 14.9. The fourth-order valence-corrected chi connectivity index (χ4v) is 4.25. The van der Waals surface area contributed by atoms with Gasteiger partial charge in [0.25, 0.3) is 5.91 Å². The molecule has 1 amide bonds. The number of hydrogen-bond acceptors (Lipinski definition) is 6. The van der Waals surface area contributed by atoms with E-state index >= 15 is 0 Å². The molecule has 0 atom stereocenters. The van der Waals surface area contributed by atoms with E-state index in [9.17, 15) is 14.9 Å². The summed E-state index contributed by atoms with van der Waals surface area (Å²) in [5.74, 6) is 0.0945. The van der Waals surface area contributed by atoms with Crippen LogP contribution in [0, 0.1) is 14.9 Å². The summed E-state index contributed by atoms with van der Waals surface area (Å²) in [6, 6.07) is 12.3. The number of rotatable bonds is 9. The highest BCUT2D eigenvalue weighted by atomic mass is 127. The number of esters is 1. The molecular formula is C22H20BrIN2O5. The summed E-state index contributed by atoms with van der Waals surface area (Å²) in [6.07, 6.45) is 1.48. The van der Waals surface area contributed by atoms with E-state index in [4.69, 9.17) is 14.2 Å². The Labute approximate surface area is 202 Å². The van der Waals surface area contributed by atoms with Crippen molar-refractivity contribution in [2.45, 2.75) is 13.8 Å². The first kappa shape index (κ1) is 24.7. The first-order valence-electron chi connectivity index (χ1n) is 9.31. The predicted molar refractivity (Wildman–Crippen MR) is 129 cm³/mol. The van der Waals surface area contributed by atoms with Crippen LogP contribution in [-0.2, 0) is 14.3 Å². The summed E-state index contributed by atoms with van der Waals surface area (Å²) in [6.45, 7) is 4.16. The van der Waals surface area contributed by atoms with Crippen LogP contribution in [-0.4, -0.2) is 31.7 Å². The third kappa shape index (κ3) is 7.56. The number of benzene rings is 2. The van der Waals surface area contributed by atoms with Crippen molar-refractivity contribution in [3.8, 4) is 17.6 Å². The average molecular weight is 599 g/mol. The van der Waals surface area contributed by atoms with Crippen molar-refractivity contribution < 1.29 is 23.8 Å². The SMILES string of the molecule is CCOC(=O)COc1c(Br)cc(/C=C(/C#N)C(=O)Nc2cccc(OCC)c2)cc1I. The Morgan fingerprint density at radius 3 is 2.61 bits per heavy atom. The molecule has 162 valence electrons. The molecule has 0 aromatic heterocycles. The monoisotopic (exact) mass is 598 g/mol. The van der Waals surface area contributed by atoms with Crippen molar-refractivity contribution in [2.24, 2.45) is 0 Å². The van der Waals surface area contributed by atoms with Gasteiger partial charge in [0.1, 0.15) is 23.1 Å². The molecule has 7 nitrogen and oxygen atoms in total. The average Bonchev–Trinajstić information content (AvgIpc) is 2.72. The lowest BCUT2D eigenvalue weighted by Crippen LogP contribution is -2.15. The minimum atomic E-state index is -0.537. The summed E-state index contributed by atoms with van der Waals surface area (Å²) < 4.78 is 17.1. The molecule has 1 N–H and O–H groups in total. The smallest absolute Gasteiger partial charge is 0.344 e. The molecule has 0 fully saturated rings. The quantitative estimate of drug-likeness (QED) is 0.190. The Morgan fingerprint density at radius 1 is 1.19 bits per heavy atom. The third-order valence-electron chi connectivity index (χ3n) is 3.74. The van der Waals surface area contributed by atoms with Crippen LogP contribution in [0.25, 0.3) is 6.08 Å². The summed E-state index contributed by atoms with van der Waals surface area (Å²) >= 11 is 5.46. The zero-order valence-electron chi connectivity index (χ0n) is 16.9. The number of halogens is 2. The van der Waals surface area contributed by atoms with E-state index < -0.39 is 11.9 Å². The molecule has 0 unspecified atom stereocenters. The molecule has 0 saturated heterocycles. The topological polar surface area (TPSA) is 97.7 Å². The lowest BCUT2D eigenvalue weighted by atomic mass is 10.1. The molecule has 0 aliphatic carbocycles. The maximum Gasteiger partial charge on any atom is 0.344 e. The Hall–Kier alpha value is -2.58. The van der Waals surface area contributed by atoms with Gasteiger partial charge in [-0.2, -0.15) is 5.26 Å². The molecule has 31 heavy (non-hydrogen) atoms. The molecule has 9 heteroatoms. The number of carbonyl (C=O) groups is 2. The van der Waals surface area contributed by atoms with Crippen LogP contribution in [0.2, 0.25) is 0 Å². The molecule has 2 aromatic carbocycles. The highest BCUT2D eigenvalue weighted by Gasteiger charge is 2.14. The van der Waals surface area contributed by atoms with Gasteiger partial charge in [0.05, 0.1) is 21.3 Å². The first-order valence-corrected chi connectivity index (χ1v) is 11.2. The van der Waals surface area contributed by atoms with E-state index in [1.54, 1.807) is 43.3 Å². The highest BCUT2D eigenvalue weighted by Crippen LogP contribution is 2.33. The minimum absolute atomic E-state index is 0.0651. The van der Waals surface area contributed by atoms with E-state index in [1.807, 2.05) is 13.0 Å². The molecule has 0 heterocycles. The summed E-state index contributed by atoms with van der Waals surface area (Å²) in [5.41, 5.74) is 1.08. The second-order valence-corrected chi connectivity index (χ2v) is 8.01. The number of hydrogen-bond donors (Lipinski definition) is 1. The largest absolute Gasteiger partial charge is 0.494 e. The minimum Gasteiger partial charge on any atom is -0.494 e. The van der Waals surface area contributed by atoms with E-state index in [0.717, 1.165) is 0 Å². The zero-order chi connectivity index (χ0) is 22.8. The zero-order valence-corrected chi connectivity index (χ0v) is 20.7. The van der Waals surface area contributed by atoms with Gasteiger partial charge in [-0.1, -0.05) is 6.07 Å². The number of nitrogens with zero attached hydrogens (tertiary/aromatic N) is 1.